The Morgan fingerprint density at radius 3 is 2.54 bits per heavy atom. The van der Waals surface area contributed by atoms with Crippen LogP contribution in [0.5, 0.6) is 5.75 Å². The molecule has 3 rings (SSSR count). The first-order chi connectivity index (χ1) is 12.6. The molecule has 2 amide bonds. The normalized spacial score (nSPS) is 10.5. The average Bonchev–Trinajstić information content (AvgIpc) is 3.05. The van der Waals surface area contributed by atoms with Crippen LogP contribution >= 0.6 is 11.3 Å². The Morgan fingerprint density at radius 1 is 1.04 bits per heavy atom. The molecule has 0 fully saturated rings. The molecule has 3 aromatic rings. The lowest BCUT2D eigenvalue weighted by Gasteiger charge is -2.09. The molecule has 134 valence electrons. The molecule has 0 aliphatic rings. The van der Waals surface area contributed by atoms with Gasteiger partial charge in [-0.15, -0.1) is 11.3 Å². The molecule has 0 atom stereocenters. The van der Waals surface area contributed by atoms with Crippen molar-refractivity contribution in [2.45, 2.75) is 20.3 Å². The van der Waals surface area contributed by atoms with Crippen molar-refractivity contribution in [2.75, 3.05) is 6.61 Å². The summed E-state index contributed by atoms with van der Waals surface area (Å²) in [4.78, 5) is 25.7. The first-order valence-corrected chi connectivity index (χ1v) is 9.18. The molecule has 0 bridgehead atoms. The molecule has 0 saturated heterocycles. The quantitative estimate of drug-likeness (QED) is 0.676. The largest absolute Gasteiger partial charge is 0.484 e. The summed E-state index contributed by atoms with van der Waals surface area (Å²) in [6, 6.07) is 15.4. The molecule has 1 heterocycles. The van der Waals surface area contributed by atoms with Gasteiger partial charge in [-0.25, -0.2) is 0 Å². The van der Waals surface area contributed by atoms with Crippen LogP contribution in [-0.4, -0.2) is 18.4 Å². The van der Waals surface area contributed by atoms with Crippen LogP contribution in [0, 0.1) is 6.92 Å². The minimum atomic E-state index is -0.421. The van der Waals surface area contributed by atoms with Crippen LogP contribution in [0.15, 0.2) is 48.5 Å². The van der Waals surface area contributed by atoms with Crippen LogP contribution in [0.3, 0.4) is 0 Å². The summed E-state index contributed by atoms with van der Waals surface area (Å²) in [5, 5.41) is 2.15. The second-order valence-electron chi connectivity index (χ2n) is 5.87. The van der Waals surface area contributed by atoms with Crippen LogP contribution in [-0.2, 0) is 11.2 Å². The lowest BCUT2D eigenvalue weighted by Crippen LogP contribution is -2.43. The highest BCUT2D eigenvalue weighted by Gasteiger charge is 2.12. The molecule has 1 aromatic heterocycles. The highest BCUT2D eigenvalue weighted by Crippen LogP contribution is 2.22. The van der Waals surface area contributed by atoms with Crippen LogP contribution < -0.4 is 15.6 Å². The van der Waals surface area contributed by atoms with Crippen molar-refractivity contribution in [3.8, 4) is 5.75 Å². The molecule has 5 nitrogen and oxygen atoms in total. The number of fused-ring (bicyclic) bond motifs is 1. The van der Waals surface area contributed by atoms with Crippen LogP contribution in [0.4, 0.5) is 0 Å². The fourth-order valence-corrected chi connectivity index (χ4v) is 3.62. The molecule has 2 N–H and O–H groups in total. The number of thiophene rings is 1. The van der Waals surface area contributed by atoms with Gasteiger partial charge in [-0.05, 0) is 47.9 Å². The van der Waals surface area contributed by atoms with E-state index in [2.05, 4.69) is 10.9 Å². The molecular formula is C20H20N2O3S. The lowest BCUT2D eigenvalue weighted by atomic mass is 10.1. The fourth-order valence-electron chi connectivity index (χ4n) is 2.61. The van der Waals surface area contributed by atoms with Gasteiger partial charge in [-0.2, -0.15) is 0 Å². The molecule has 6 heteroatoms. The number of hydrogen-bond donors (Lipinski definition) is 2. The van der Waals surface area contributed by atoms with Gasteiger partial charge in [0.25, 0.3) is 11.8 Å². The average molecular weight is 368 g/mol. The zero-order valence-corrected chi connectivity index (χ0v) is 15.5. The van der Waals surface area contributed by atoms with Crippen molar-refractivity contribution in [1.82, 2.24) is 10.9 Å². The topological polar surface area (TPSA) is 67.4 Å². The van der Waals surface area contributed by atoms with Crippen molar-refractivity contribution in [3.05, 3.63) is 63.8 Å². The smallest absolute Gasteiger partial charge is 0.279 e. The van der Waals surface area contributed by atoms with Crippen molar-refractivity contribution >= 4 is 33.9 Å². The number of hydrogen-bond acceptors (Lipinski definition) is 4. The van der Waals surface area contributed by atoms with E-state index in [1.165, 1.54) is 16.2 Å². The standard InChI is InChI=1S/C20H20N2O3S/c1-3-17-13(2)10-18(26-17)20(24)22-21-19(23)12-25-16-9-8-14-6-4-5-7-15(14)11-16/h4-11H,3,12H2,1-2H3,(H,21,23)(H,22,24). The van der Waals surface area contributed by atoms with Crippen LogP contribution in [0.2, 0.25) is 0 Å². The monoisotopic (exact) mass is 368 g/mol. The third kappa shape index (κ3) is 4.21. The van der Waals surface area contributed by atoms with Gasteiger partial charge in [-0.3, -0.25) is 20.4 Å². The third-order valence-electron chi connectivity index (χ3n) is 3.97. The van der Waals surface area contributed by atoms with Gasteiger partial charge in [0.15, 0.2) is 6.61 Å². The number of nitrogens with one attached hydrogen (secondary N) is 2. The maximum absolute atomic E-state index is 12.1. The molecule has 26 heavy (non-hydrogen) atoms. The van der Waals surface area contributed by atoms with Crippen molar-refractivity contribution in [3.63, 3.8) is 0 Å². The number of rotatable bonds is 5. The minimum Gasteiger partial charge on any atom is -0.484 e. The summed E-state index contributed by atoms with van der Waals surface area (Å²) in [5.41, 5.74) is 5.89. The van der Waals surface area contributed by atoms with Gasteiger partial charge in [0.05, 0.1) is 4.88 Å². The van der Waals surface area contributed by atoms with Gasteiger partial charge in [-0.1, -0.05) is 37.3 Å². The molecule has 2 aromatic carbocycles. The molecule has 0 aliphatic heterocycles. The molecule has 0 radical (unpaired) electrons. The Bertz CT molecular complexity index is 949. The Morgan fingerprint density at radius 2 is 1.81 bits per heavy atom. The Hall–Kier alpha value is -2.86. The Balaban J connectivity index is 1.51. The van der Waals surface area contributed by atoms with E-state index in [1.54, 1.807) is 0 Å². The van der Waals surface area contributed by atoms with Gasteiger partial charge in [0.2, 0.25) is 0 Å². The van der Waals surface area contributed by atoms with Gasteiger partial charge < -0.3 is 4.74 Å². The first-order valence-electron chi connectivity index (χ1n) is 8.37. The predicted octanol–water partition coefficient (Wildman–Crippen LogP) is 3.61. The third-order valence-corrected chi connectivity index (χ3v) is 5.35. The summed E-state index contributed by atoms with van der Waals surface area (Å²) in [6.07, 6.45) is 0.885. The maximum Gasteiger partial charge on any atom is 0.279 e. The molecule has 0 aliphatic carbocycles. The first kappa shape index (κ1) is 17.9. The molecule has 0 spiro atoms. The number of aryl methyl sites for hydroxylation is 2. The number of benzene rings is 2. The summed E-state index contributed by atoms with van der Waals surface area (Å²) in [6.45, 7) is 3.84. The molecular weight excluding hydrogens is 348 g/mol. The second-order valence-corrected chi connectivity index (χ2v) is 7.01. The second kappa shape index (κ2) is 8.01. The number of carbonyl (C=O) groups excluding carboxylic acids is 2. The van der Waals surface area contributed by atoms with Crippen LogP contribution in [0.25, 0.3) is 10.8 Å². The molecule has 0 saturated carbocycles. The Kier molecular flexibility index (Phi) is 5.53. The van der Waals surface area contributed by atoms with Gasteiger partial charge in [0.1, 0.15) is 5.75 Å². The van der Waals surface area contributed by atoms with Crippen molar-refractivity contribution < 1.29 is 14.3 Å². The summed E-state index contributed by atoms with van der Waals surface area (Å²) >= 11 is 1.44. The van der Waals surface area contributed by atoms with E-state index < -0.39 is 5.91 Å². The van der Waals surface area contributed by atoms with E-state index in [9.17, 15) is 9.59 Å². The predicted molar refractivity (Wildman–Crippen MR) is 103 cm³/mol. The molecule has 0 unspecified atom stereocenters. The number of hydrazine groups is 1. The van der Waals surface area contributed by atoms with E-state index in [0.29, 0.717) is 10.6 Å². The van der Waals surface area contributed by atoms with E-state index in [-0.39, 0.29) is 12.5 Å². The van der Waals surface area contributed by atoms with E-state index in [1.807, 2.05) is 62.4 Å². The van der Waals surface area contributed by atoms with Crippen molar-refractivity contribution in [1.29, 1.82) is 0 Å². The zero-order chi connectivity index (χ0) is 18.5. The summed E-state index contributed by atoms with van der Waals surface area (Å²) in [5.74, 6) is -0.140. The van der Waals surface area contributed by atoms with Crippen molar-refractivity contribution in [2.24, 2.45) is 0 Å². The van der Waals surface area contributed by atoms with E-state index in [4.69, 9.17) is 4.74 Å². The lowest BCUT2D eigenvalue weighted by molar-refractivity contribution is -0.123. The SMILES string of the molecule is CCc1sc(C(=O)NNC(=O)COc2ccc3ccccc3c2)cc1C. The number of ether oxygens (including phenoxy) is 1. The highest BCUT2D eigenvalue weighted by atomic mass is 32.1. The summed E-state index contributed by atoms with van der Waals surface area (Å²) < 4.78 is 5.49. The number of carbonyl (C=O) groups is 2. The maximum atomic E-state index is 12.1. The Labute approximate surface area is 156 Å². The van der Waals surface area contributed by atoms with E-state index >= 15 is 0 Å². The van der Waals surface area contributed by atoms with Crippen LogP contribution in [0.1, 0.15) is 27.0 Å². The van der Waals surface area contributed by atoms with Gasteiger partial charge in [0, 0.05) is 4.88 Å². The van der Waals surface area contributed by atoms with Gasteiger partial charge >= 0.3 is 0 Å². The zero-order valence-electron chi connectivity index (χ0n) is 14.7. The summed E-state index contributed by atoms with van der Waals surface area (Å²) in [7, 11) is 0. The number of amides is 2. The fraction of sp³-hybridized carbons (Fsp3) is 0.200. The minimum absolute atomic E-state index is 0.178. The highest BCUT2D eigenvalue weighted by molar-refractivity contribution is 7.14. The van der Waals surface area contributed by atoms with E-state index in [0.717, 1.165) is 22.8 Å².